The van der Waals surface area contributed by atoms with Gasteiger partial charge in [-0.1, -0.05) is 0 Å². The zero-order valence-corrected chi connectivity index (χ0v) is 11.8. The van der Waals surface area contributed by atoms with Crippen molar-refractivity contribution in [2.24, 2.45) is 0 Å². The predicted octanol–water partition coefficient (Wildman–Crippen LogP) is 2.50. The van der Waals surface area contributed by atoms with Gasteiger partial charge in [0.25, 0.3) is 0 Å². The molecule has 0 aliphatic carbocycles. The Kier molecular flexibility index (Phi) is 4.19. The Morgan fingerprint density at radius 1 is 1.44 bits per heavy atom. The number of nitrogen functional groups attached to an aromatic ring is 1. The molecule has 0 bridgehead atoms. The van der Waals surface area contributed by atoms with Crippen LogP contribution in [-0.2, 0) is 6.42 Å². The topological polar surface area (TPSA) is 79.6 Å². The molecule has 5 nitrogen and oxygen atoms in total. The highest BCUT2D eigenvalue weighted by atomic mass is 79.9. The number of aryl methyl sites for hydroxylation is 2. The van der Waals surface area contributed by atoms with Crippen molar-refractivity contribution in [1.82, 2.24) is 15.2 Å². The summed E-state index contributed by atoms with van der Waals surface area (Å²) in [5, 5.41) is 10.0. The molecule has 0 saturated heterocycles. The van der Waals surface area contributed by atoms with Crippen molar-refractivity contribution in [3.05, 3.63) is 34.3 Å². The maximum Gasteiger partial charge on any atom is 0.137 e. The van der Waals surface area contributed by atoms with Gasteiger partial charge in [0.15, 0.2) is 0 Å². The Balaban J connectivity index is 1.85. The van der Waals surface area contributed by atoms with Gasteiger partial charge in [-0.05, 0) is 47.0 Å². The maximum atomic E-state index is 5.83. The first-order chi connectivity index (χ1) is 8.66. The van der Waals surface area contributed by atoms with E-state index in [0.29, 0.717) is 0 Å². The Bertz CT molecular complexity index is 509. The summed E-state index contributed by atoms with van der Waals surface area (Å²) in [6.07, 6.45) is 3.41. The molecule has 1 aromatic carbocycles. The molecule has 1 aromatic heterocycles. The summed E-state index contributed by atoms with van der Waals surface area (Å²) in [7, 11) is 0. The molecule has 1 heterocycles. The molecule has 18 heavy (non-hydrogen) atoms. The van der Waals surface area contributed by atoms with Crippen LogP contribution in [0.5, 0.6) is 0 Å². The number of hydrogen-bond acceptors (Lipinski definition) is 4. The van der Waals surface area contributed by atoms with Crippen LogP contribution in [0, 0.1) is 6.92 Å². The zero-order valence-electron chi connectivity index (χ0n) is 10.2. The highest BCUT2D eigenvalue weighted by Crippen LogP contribution is 2.27. The lowest BCUT2D eigenvalue weighted by Gasteiger charge is -2.10. The van der Waals surface area contributed by atoms with Crippen molar-refractivity contribution in [1.29, 1.82) is 0 Å². The molecule has 0 aliphatic heterocycles. The Labute approximate surface area is 114 Å². The van der Waals surface area contributed by atoms with Gasteiger partial charge in [-0.2, -0.15) is 5.10 Å². The minimum Gasteiger partial charge on any atom is -0.398 e. The number of nitrogens with one attached hydrogen (secondary N) is 2. The standard InChI is InChI=1S/C12H16BrN5/c1-8-5-11(9(13)6-10(8)14)15-4-2-3-12-16-7-17-18-12/h5-7,15H,2-4,14H2,1H3,(H,16,17,18). The van der Waals surface area contributed by atoms with Crippen molar-refractivity contribution in [3.8, 4) is 0 Å². The molecule has 0 amide bonds. The zero-order chi connectivity index (χ0) is 13.0. The SMILES string of the molecule is Cc1cc(NCCCc2ncn[nH]2)c(Br)cc1N. The molecule has 0 spiro atoms. The average Bonchev–Trinajstić information content (AvgIpc) is 2.84. The summed E-state index contributed by atoms with van der Waals surface area (Å²) in [5.41, 5.74) is 8.78. The molecule has 0 radical (unpaired) electrons. The number of H-pyrrole nitrogens is 1. The molecule has 6 heteroatoms. The minimum atomic E-state index is 0.800. The van der Waals surface area contributed by atoms with E-state index in [1.54, 1.807) is 0 Å². The van der Waals surface area contributed by atoms with E-state index in [1.807, 2.05) is 19.1 Å². The monoisotopic (exact) mass is 309 g/mol. The first-order valence-corrected chi connectivity index (χ1v) is 6.60. The van der Waals surface area contributed by atoms with E-state index in [4.69, 9.17) is 5.73 Å². The summed E-state index contributed by atoms with van der Waals surface area (Å²) in [5.74, 6) is 0.921. The van der Waals surface area contributed by atoms with Crippen LogP contribution >= 0.6 is 15.9 Å². The minimum absolute atomic E-state index is 0.800. The van der Waals surface area contributed by atoms with Gasteiger partial charge in [0, 0.05) is 28.8 Å². The van der Waals surface area contributed by atoms with Crippen LogP contribution in [0.15, 0.2) is 22.9 Å². The summed E-state index contributed by atoms with van der Waals surface area (Å²) in [6.45, 7) is 2.88. The largest absolute Gasteiger partial charge is 0.398 e. The fourth-order valence-corrected chi connectivity index (χ4v) is 2.16. The molecule has 0 atom stereocenters. The third-order valence-corrected chi connectivity index (χ3v) is 3.38. The fourth-order valence-electron chi connectivity index (χ4n) is 1.66. The van der Waals surface area contributed by atoms with Gasteiger partial charge in [-0.25, -0.2) is 4.98 Å². The number of rotatable bonds is 5. The molecular formula is C12H16BrN5. The van der Waals surface area contributed by atoms with Crippen LogP contribution in [0.4, 0.5) is 11.4 Å². The molecule has 4 N–H and O–H groups in total. The van der Waals surface area contributed by atoms with Crippen LogP contribution in [0.1, 0.15) is 17.8 Å². The lowest BCUT2D eigenvalue weighted by atomic mass is 10.2. The summed E-state index contributed by atoms with van der Waals surface area (Å²) >= 11 is 3.50. The Hall–Kier alpha value is -1.56. The van der Waals surface area contributed by atoms with Crippen LogP contribution < -0.4 is 11.1 Å². The van der Waals surface area contributed by atoms with Gasteiger partial charge in [0.1, 0.15) is 12.2 Å². The molecule has 0 aliphatic rings. The van der Waals surface area contributed by atoms with Crippen LogP contribution in [0.3, 0.4) is 0 Å². The molecule has 2 aromatic rings. The Morgan fingerprint density at radius 3 is 3.00 bits per heavy atom. The van der Waals surface area contributed by atoms with Gasteiger partial charge < -0.3 is 11.1 Å². The number of halogens is 1. The smallest absolute Gasteiger partial charge is 0.137 e. The lowest BCUT2D eigenvalue weighted by molar-refractivity contribution is 0.805. The first kappa shape index (κ1) is 12.9. The van der Waals surface area contributed by atoms with Gasteiger partial charge in [-0.3, -0.25) is 5.10 Å². The second kappa shape index (κ2) is 5.86. The van der Waals surface area contributed by atoms with E-state index >= 15 is 0 Å². The number of aromatic nitrogens is 3. The van der Waals surface area contributed by atoms with Crippen LogP contribution in [0.2, 0.25) is 0 Å². The van der Waals surface area contributed by atoms with Crippen molar-refractivity contribution in [2.45, 2.75) is 19.8 Å². The normalized spacial score (nSPS) is 10.6. The number of nitrogens with zero attached hydrogens (tertiary/aromatic N) is 2. The van der Waals surface area contributed by atoms with Crippen molar-refractivity contribution in [3.63, 3.8) is 0 Å². The first-order valence-electron chi connectivity index (χ1n) is 5.80. The average molecular weight is 310 g/mol. The van der Waals surface area contributed by atoms with Crippen molar-refractivity contribution in [2.75, 3.05) is 17.6 Å². The summed E-state index contributed by atoms with van der Waals surface area (Å²) < 4.78 is 0.991. The third-order valence-electron chi connectivity index (χ3n) is 2.73. The molecule has 0 unspecified atom stereocenters. The lowest BCUT2D eigenvalue weighted by Crippen LogP contribution is -2.05. The number of anilines is 2. The predicted molar refractivity (Wildman–Crippen MR) is 76.5 cm³/mol. The van der Waals surface area contributed by atoms with Gasteiger partial charge in [0.2, 0.25) is 0 Å². The van der Waals surface area contributed by atoms with E-state index in [-0.39, 0.29) is 0 Å². The number of hydrogen-bond donors (Lipinski definition) is 3. The van der Waals surface area contributed by atoms with Crippen molar-refractivity contribution < 1.29 is 0 Å². The quantitative estimate of drug-likeness (QED) is 0.585. The highest BCUT2D eigenvalue weighted by molar-refractivity contribution is 9.10. The van der Waals surface area contributed by atoms with E-state index < -0.39 is 0 Å². The van der Waals surface area contributed by atoms with Gasteiger partial charge in [0.05, 0.1) is 0 Å². The molecule has 0 saturated carbocycles. The number of nitrogens with two attached hydrogens (primary N) is 1. The van der Waals surface area contributed by atoms with Crippen LogP contribution in [-0.4, -0.2) is 21.7 Å². The second-order valence-corrected chi connectivity index (χ2v) is 5.01. The summed E-state index contributed by atoms with van der Waals surface area (Å²) in [4.78, 5) is 4.08. The molecule has 2 rings (SSSR count). The third kappa shape index (κ3) is 3.22. The van der Waals surface area contributed by atoms with Gasteiger partial charge >= 0.3 is 0 Å². The summed E-state index contributed by atoms with van der Waals surface area (Å²) in [6, 6.07) is 3.97. The van der Waals surface area contributed by atoms with E-state index in [2.05, 4.69) is 36.4 Å². The molecule has 96 valence electrons. The van der Waals surface area contributed by atoms with E-state index in [9.17, 15) is 0 Å². The highest BCUT2D eigenvalue weighted by Gasteiger charge is 2.03. The van der Waals surface area contributed by atoms with Crippen molar-refractivity contribution >= 4 is 27.3 Å². The van der Waals surface area contributed by atoms with Crippen LogP contribution in [0.25, 0.3) is 0 Å². The Morgan fingerprint density at radius 2 is 2.28 bits per heavy atom. The fraction of sp³-hybridized carbons (Fsp3) is 0.333. The van der Waals surface area contributed by atoms with E-state index in [0.717, 1.165) is 46.6 Å². The number of aromatic amines is 1. The van der Waals surface area contributed by atoms with Gasteiger partial charge in [-0.15, -0.1) is 0 Å². The van der Waals surface area contributed by atoms with E-state index in [1.165, 1.54) is 6.33 Å². The second-order valence-electron chi connectivity index (χ2n) is 4.15. The number of benzene rings is 1. The molecular weight excluding hydrogens is 294 g/mol. The molecule has 0 fully saturated rings. The maximum absolute atomic E-state index is 5.83.